The Labute approximate surface area is 187 Å². The predicted octanol–water partition coefficient (Wildman–Crippen LogP) is 4.51. The molecule has 2 aliphatic rings. The highest BCUT2D eigenvalue weighted by atomic mass is 32.2. The largest absolute Gasteiger partial charge is 0.379 e. The second-order valence-corrected chi connectivity index (χ2v) is 10.3. The first-order valence-electron chi connectivity index (χ1n) is 10.9. The van der Waals surface area contributed by atoms with Crippen LogP contribution >= 0.6 is 23.1 Å². The van der Waals surface area contributed by atoms with Gasteiger partial charge in [-0.1, -0.05) is 19.3 Å². The molecule has 0 atom stereocenters. The number of morpholine rings is 1. The Morgan fingerprint density at radius 2 is 1.93 bits per heavy atom. The molecule has 2 fully saturated rings. The topological polar surface area (TPSA) is 54.5 Å². The lowest BCUT2D eigenvalue weighted by Gasteiger charge is -2.48. The maximum absolute atomic E-state index is 12.8. The van der Waals surface area contributed by atoms with Crippen LogP contribution in [-0.4, -0.2) is 54.2 Å². The zero-order valence-corrected chi connectivity index (χ0v) is 19.3. The van der Waals surface area contributed by atoms with Crippen LogP contribution < -0.4 is 5.32 Å². The van der Waals surface area contributed by atoms with Gasteiger partial charge in [0.05, 0.1) is 23.9 Å². The van der Waals surface area contributed by atoms with E-state index in [2.05, 4.69) is 20.6 Å². The van der Waals surface area contributed by atoms with Crippen LogP contribution in [0.25, 0.3) is 0 Å². The predicted molar refractivity (Wildman–Crippen MR) is 123 cm³/mol. The van der Waals surface area contributed by atoms with Crippen LogP contribution in [0.4, 0.5) is 0 Å². The molecule has 2 aromatic rings. The van der Waals surface area contributed by atoms with E-state index in [4.69, 9.17) is 4.74 Å². The van der Waals surface area contributed by atoms with Gasteiger partial charge in [-0.15, -0.1) is 23.1 Å². The molecule has 0 spiro atoms. The standard InChI is InChI=1S/C23H31N3O2S2/c1-18-25-20(15-29-18)16-30-21-7-5-19(6-8-21)22(27)24-17-23(9-3-2-4-10-23)26-11-13-28-14-12-26/h5-8,15H,2-4,9-14,16-17H2,1H3,(H,24,27). The van der Waals surface area contributed by atoms with E-state index < -0.39 is 0 Å². The third kappa shape index (κ3) is 5.44. The third-order valence-corrected chi connectivity index (χ3v) is 8.08. The van der Waals surface area contributed by atoms with Crippen molar-refractivity contribution in [3.8, 4) is 0 Å². The molecule has 1 N–H and O–H groups in total. The summed E-state index contributed by atoms with van der Waals surface area (Å²) in [6.07, 6.45) is 6.13. The summed E-state index contributed by atoms with van der Waals surface area (Å²) < 4.78 is 5.56. The number of nitrogens with one attached hydrogen (secondary N) is 1. The number of aromatic nitrogens is 1. The number of carbonyl (C=O) groups is 1. The summed E-state index contributed by atoms with van der Waals surface area (Å²) >= 11 is 3.44. The molecule has 5 nitrogen and oxygen atoms in total. The molecule has 7 heteroatoms. The number of hydrogen-bond acceptors (Lipinski definition) is 6. The average Bonchev–Trinajstić information content (AvgIpc) is 3.23. The molecular weight excluding hydrogens is 414 g/mol. The van der Waals surface area contributed by atoms with E-state index in [-0.39, 0.29) is 11.4 Å². The summed E-state index contributed by atoms with van der Waals surface area (Å²) in [4.78, 5) is 21.1. The molecule has 1 aliphatic carbocycles. The minimum atomic E-state index is 0.0277. The number of thiazole rings is 1. The molecule has 2 heterocycles. The summed E-state index contributed by atoms with van der Waals surface area (Å²) in [5.74, 6) is 0.887. The Balaban J connectivity index is 1.33. The number of carbonyl (C=O) groups excluding carboxylic acids is 1. The lowest BCUT2D eigenvalue weighted by atomic mass is 9.79. The third-order valence-electron chi connectivity index (χ3n) is 6.21. The van der Waals surface area contributed by atoms with Gasteiger partial charge in [-0.3, -0.25) is 9.69 Å². The van der Waals surface area contributed by atoms with E-state index in [1.54, 1.807) is 23.1 Å². The fourth-order valence-electron chi connectivity index (χ4n) is 4.53. The van der Waals surface area contributed by atoms with Crippen LogP contribution in [0.5, 0.6) is 0 Å². The first kappa shape index (κ1) is 21.8. The quantitative estimate of drug-likeness (QED) is 0.636. The zero-order valence-electron chi connectivity index (χ0n) is 17.7. The summed E-state index contributed by atoms with van der Waals surface area (Å²) in [5.41, 5.74) is 1.95. The molecule has 1 saturated carbocycles. The highest BCUT2D eigenvalue weighted by Crippen LogP contribution is 2.34. The molecule has 4 rings (SSSR count). The van der Waals surface area contributed by atoms with Crippen LogP contribution in [0, 0.1) is 6.92 Å². The maximum atomic E-state index is 12.8. The fraction of sp³-hybridized carbons (Fsp3) is 0.565. The van der Waals surface area contributed by atoms with Gasteiger partial charge in [0, 0.05) is 46.8 Å². The molecule has 30 heavy (non-hydrogen) atoms. The minimum Gasteiger partial charge on any atom is -0.379 e. The number of aryl methyl sites for hydroxylation is 1. The smallest absolute Gasteiger partial charge is 0.251 e. The van der Waals surface area contributed by atoms with Crippen molar-refractivity contribution in [3.05, 3.63) is 45.9 Å². The van der Waals surface area contributed by atoms with Crippen molar-refractivity contribution in [1.82, 2.24) is 15.2 Å². The van der Waals surface area contributed by atoms with Gasteiger partial charge in [-0.2, -0.15) is 0 Å². The number of benzene rings is 1. The van der Waals surface area contributed by atoms with Crippen molar-refractivity contribution >= 4 is 29.0 Å². The van der Waals surface area contributed by atoms with E-state index in [1.807, 2.05) is 31.2 Å². The van der Waals surface area contributed by atoms with Crippen LogP contribution in [0.1, 0.15) is 53.2 Å². The van der Waals surface area contributed by atoms with Gasteiger partial charge in [0.2, 0.25) is 0 Å². The van der Waals surface area contributed by atoms with Crippen LogP contribution in [0.2, 0.25) is 0 Å². The number of amides is 1. The molecule has 0 radical (unpaired) electrons. The van der Waals surface area contributed by atoms with Crippen molar-refractivity contribution in [2.75, 3.05) is 32.8 Å². The lowest BCUT2D eigenvalue weighted by Crippen LogP contribution is -2.59. The fourth-order valence-corrected chi connectivity index (χ4v) is 6.04. The van der Waals surface area contributed by atoms with Gasteiger partial charge < -0.3 is 10.1 Å². The molecule has 1 amide bonds. The summed E-state index contributed by atoms with van der Waals surface area (Å²) in [7, 11) is 0. The Hall–Kier alpha value is -1.41. The number of nitrogens with zero attached hydrogens (tertiary/aromatic N) is 2. The van der Waals surface area contributed by atoms with E-state index in [1.165, 1.54) is 32.1 Å². The van der Waals surface area contributed by atoms with Gasteiger partial charge in [0.15, 0.2) is 0 Å². The van der Waals surface area contributed by atoms with Crippen molar-refractivity contribution in [2.45, 2.75) is 55.2 Å². The first-order chi connectivity index (χ1) is 14.6. The van der Waals surface area contributed by atoms with Crippen molar-refractivity contribution < 1.29 is 9.53 Å². The van der Waals surface area contributed by atoms with Crippen molar-refractivity contribution in [2.24, 2.45) is 0 Å². The number of hydrogen-bond donors (Lipinski definition) is 1. The van der Waals surface area contributed by atoms with Gasteiger partial charge in [-0.05, 0) is 44.0 Å². The molecule has 0 bridgehead atoms. The summed E-state index contributed by atoms with van der Waals surface area (Å²) in [6, 6.07) is 7.95. The van der Waals surface area contributed by atoms with Gasteiger partial charge >= 0.3 is 0 Å². The zero-order chi connectivity index (χ0) is 20.8. The summed E-state index contributed by atoms with van der Waals surface area (Å²) in [5, 5.41) is 6.46. The summed E-state index contributed by atoms with van der Waals surface area (Å²) in [6.45, 7) is 6.31. The van der Waals surface area contributed by atoms with Gasteiger partial charge in [0.25, 0.3) is 5.91 Å². The van der Waals surface area contributed by atoms with Crippen LogP contribution in [0.15, 0.2) is 34.5 Å². The number of rotatable bonds is 7. The SMILES string of the molecule is Cc1nc(CSc2ccc(C(=O)NCC3(N4CCOCC4)CCCCC3)cc2)cs1. The molecule has 0 unspecified atom stereocenters. The first-order valence-corrected chi connectivity index (χ1v) is 12.8. The van der Waals surface area contributed by atoms with Crippen molar-refractivity contribution in [3.63, 3.8) is 0 Å². The lowest BCUT2D eigenvalue weighted by molar-refractivity contribution is -0.0361. The van der Waals surface area contributed by atoms with Crippen LogP contribution in [-0.2, 0) is 10.5 Å². The monoisotopic (exact) mass is 445 g/mol. The minimum absolute atomic E-state index is 0.0277. The van der Waals surface area contributed by atoms with Gasteiger partial charge in [-0.25, -0.2) is 4.98 Å². The van der Waals surface area contributed by atoms with Gasteiger partial charge in [0.1, 0.15) is 0 Å². The van der Waals surface area contributed by atoms with E-state index in [9.17, 15) is 4.79 Å². The highest BCUT2D eigenvalue weighted by Gasteiger charge is 2.38. The average molecular weight is 446 g/mol. The molecular formula is C23H31N3O2S2. The van der Waals surface area contributed by atoms with E-state index in [0.29, 0.717) is 0 Å². The molecule has 1 aliphatic heterocycles. The maximum Gasteiger partial charge on any atom is 0.251 e. The Kier molecular flexibility index (Phi) is 7.46. The highest BCUT2D eigenvalue weighted by molar-refractivity contribution is 7.98. The Bertz CT molecular complexity index is 825. The number of ether oxygens (including phenoxy) is 1. The Morgan fingerprint density at radius 1 is 1.20 bits per heavy atom. The Morgan fingerprint density at radius 3 is 2.60 bits per heavy atom. The number of thioether (sulfide) groups is 1. The van der Waals surface area contributed by atoms with E-state index >= 15 is 0 Å². The second kappa shape index (κ2) is 10.3. The molecule has 1 aromatic carbocycles. The second-order valence-electron chi connectivity index (χ2n) is 8.24. The normalized spacial score (nSPS) is 19.5. The van der Waals surface area contributed by atoms with Crippen molar-refractivity contribution in [1.29, 1.82) is 0 Å². The molecule has 162 valence electrons. The molecule has 1 aromatic heterocycles. The molecule has 1 saturated heterocycles. The van der Waals surface area contributed by atoms with Crippen LogP contribution in [0.3, 0.4) is 0 Å². The van der Waals surface area contributed by atoms with E-state index in [0.717, 1.165) is 59.8 Å².